The number of rotatable bonds is 6. The molecule has 0 saturated heterocycles. The van der Waals surface area contributed by atoms with E-state index in [1.807, 2.05) is 31.2 Å². The van der Waals surface area contributed by atoms with Crippen LogP contribution in [-0.4, -0.2) is 0 Å². The number of halogens is 1. The maximum Gasteiger partial charge on any atom is 0.121 e. The van der Waals surface area contributed by atoms with E-state index < -0.39 is 0 Å². The summed E-state index contributed by atoms with van der Waals surface area (Å²) >= 11 is 0. The van der Waals surface area contributed by atoms with Crippen molar-refractivity contribution in [3.05, 3.63) is 72.2 Å². The van der Waals surface area contributed by atoms with Gasteiger partial charge in [-0.15, -0.1) is 6.58 Å². The van der Waals surface area contributed by atoms with Gasteiger partial charge in [-0.05, 0) is 31.0 Å². The Morgan fingerprint density at radius 1 is 1.21 bits per heavy atom. The molecule has 1 N–H and O–H groups in total. The van der Waals surface area contributed by atoms with Crippen LogP contribution < -0.4 is 17.7 Å². The molecule has 0 radical (unpaired) electrons. The van der Waals surface area contributed by atoms with Gasteiger partial charge in [0.15, 0.2) is 0 Å². The highest BCUT2D eigenvalue weighted by atomic mass is 35.5. The smallest absolute Gasteiger partial charge is 0.121 e. The van der Waals surface area contributed by atoms with E-state index in [1.165, 1.54) is 5.56 Å². The van der Waals surface area contributed by atoms with Crippen molar-refractivity contribution in [2.75, 3.05) is 0 Å². The summed E-state index contributed by atoms with van der Waals surface area (Å²) in [5, 5.41) is 3.50. The average Bonchev–Trinajstić information content (AvgIpc) is 2.82. The lowest BCUT2D eigenvalue weighted by atomic mass is 10.1. The fourth-order valence-corrected chi connectivity index (χ4v) is 1.94. The van der Waals surface area contributed by atoms with Gasteiger partial charge in [0, 0.05) is 6.54 Å². The van der Waals surface area contributed by atoms with Crippen LogP contribution in [0.4, 0.5) is 0 Å². The van der Waals surface area contributed by atoms with E-state index in [0.29, 0.717) is 0 Å². The van der Waals surface area contributed by atoms with Crippen LogP contribution >= 0.6 is 0 Å². The lowest BCUT2D eigenvalue weighted by Crippen LogP contribution is -3.00. The van der Waals surface area contributed by atoms with Crippen molar-refractivity contribution in [2.24, 2.45) is 0 Å². The molecule has 19 heavy (non-hydrogen) atoms. The van der Waals surface area contributed by atoms with Gasteiger partial charge in [-0.1, -0.05) is 36.4 Å². The number of hydrogen-bond donors (Lipinski definition) is 1. The van der Waals surface area contributed by atoms with E-state index in [4.69, 9.17) is 4.42 Å². The van der Waals surface area contributed by atoms with Crippen LogP contribution in [0.5, 0.6) is 0 Å². The molecule has 3 heteroatoms. The van der Waals surface area contributed by atoms with Crippen molar-refractivity contribution >= 4 is 0 Å². The molecule has 0 saturated carbocycles. The van der Waals surface area contributed by atoms with Gasteiger partial charge in [0.25, 0.3) is 0 Å². The highest BCUT2D eigenvalue weighted by Crippen LogP contribution is 2.20. The molecule has 1 atom stereocenters. The molecule has 1 unspecified atom stereocenters. The third-order valence-corrected chi connectivity index (χ3v) is 2.90. The van der Waals surface area contributed by atoms with E-state index in [9.17, 15) is 0 Å². The minimum Gasteiger partial charge on any atom is -1.00 e. The molecule has 0 aliphatic carbocycles. The molecule has 1 aromatic carbocycles. The fraction of sp³-hybridized carbons (Fsp3) is 0.250. The molecule has 0 fully saturated rings. The Morgan fingerprint density at radius 3 is 2.53 bits per heavy atom. The van der Waals surface area contributed by atoms with Gasteiger partial charge in [-0.2, -0.15) is 0 Å². The number of furan rings is 1. The van der Waals surface area contributed by atoms with E-state index in [-0.39, 0.29) is 18.4 Å². The summed E-state index contributed by atoms with van der Waals surface area (Å²) in [5.41, 5.74) is 1.27. The summed E-state index contributed by atoms with van der Waals surface area (Å²) in [6, 6.07) is 14.6. The summed E-state index contributed by atoms with van der Waals surface area (Å²) in [6.07, 6.45) is 2.78. The SMILES string of the molecule is C=CCC(NCc1ccccc1)c1ccc(C)o1.[Cl-]. The quantitative estimate of drug-likeness (QED) is 0.797. The van der Waals surface area contributed by atoms with Crippen LogP contribution in [0.3, 0.4) is 0 Å². The first-order valence-corrected chi connectivity index (χ1v) is 6.24. The normalized spacial score (nSPS) is 11.6. The van der Waals surface area contributed by atoms with Gasteiger partial charge >= 0.3 is 0 Å². The molecule has 0 aliphatic rings. The Hall–Kier alpha value is -1.51. The second kappa shape index (κ2) is 7.82. The van der Waals surface area contributed by atoms with Crippen molar-refractivity contribution in [2.45, 2.75) is 25.9 Å². The van der Waals surface area contributed by atoms with Crippen LogP contribution in [-0.2, 0) is 6.54 Å². The first-order chi connectivity index (χ1) is 8.79. The van der Waals surface area contributed by atoms with E-state index in [0.717, 1.165) is 24.5 Å². The minimum atomic E-state index is 0. The van der Waals surface area contributed by atoms with Gasteiger partial charge in [0.1, 0.15) is 11.5 Å². The molecule has 1 aromatic heterocycles. The van der Waals surface area contributed by atoms with Crippen LogP contribution in [0.25, 0.3) is 0 Å². The summed E-state index contributed by atoms with van der Waals surface area (Å²) in [4.78, 5) is 0. The van der Waals surface area contributed by atoms with Crippen molar-refractivity contribution in [1.82, 2.24) is 5.32 Å². The molecule has 2 nitrogen and oxygen atoms in total. The number of hydrogen-bond acceptors (Lipinski definition) is 2. The predicted octanol–water partition coefficient (Wildman–Crippen LogP) is 0.999. The lowest BCUT2D eigenvalue weighted by molar-refractivity contribution is -0.00000440. The maximum atomic E-state index is 5.68. The van der Waals surface area contributed by atoms with Gasteiger partial charge < -0.3 is 22.1 Å². The van der Waals surface area contributed by atoms with Crippen molar-refractivity contribution in [3.8, 4) is 0 Å². The Bertz CT molecular complexity index is 492. The summed E-state index contributed by atoms with van der Waals surface area (Å²) in [6.45, 7) is 6.60. The summed E-state index contributed by atoms with van der Waals surface area (Å²) in [5.74, 6) is 1.92. The maximum absolute atomic E-state index is 5.68. The lowest BCUT2D eigenvalue weighted by Gasteiger charge is -2.15. The van der Waals surface area contributed by atoms with Crippen molar-refractivity contribution < 1.29 is 16.8 Å². The molecule has 2 aromatic rings. The minimum absolute atomic E-state index is 0. The Labute approximate surface area is 120 Å². The molecule has 0 bridgehead atoms. The number of aryl methyl sites for hydroxylation is 1. The highest BCUT2D eigenvalue weighted by Gasteiger charge is 2.12. The molecule has 0 aliphatic heterocycles. The zero-order valence-electron chi connectivity index (χ0n) is 11.1. The zero-order valence-corrected chi connectivity index (χ0v) is 11.9. The topological polar surface area (TPSA) is 25.2 Å². The zero-order chi connectivity index (χ0) is 12.8. The van der Waals surface area contributed by atoms with Crippen molar-refractivity contribution in [1.29, 1.82) is 0 Å². The van der Waals surface area contributed by atoms with Crippen LogP contribution in [0.1, 0.15) is 29.5 Å². The molecule has 0 spiro atoms. The first-order valence-electron chi connectivity index (χ1n) is 6.24. The average molecular weight is 277 g/mol. The number of benzene rings is 1. The van der Waals surface area contributed by atoms with E-state index >= 15 is 0 Å². The third kappa shape index (κ3) is 4.58. The van der Waals surface area contributed by atoms with Gasteiger partial charge in [0.2, 0.25) is 0 Å². The van der Waals surface area contributed by atoms with Crippen molar-refractivity contribution in [3.63, 3.8) is 0 Å². The Balaban J connectivity index is 0.00000180. The highest BCUT2D eigenvalue weighted by molar-refractivity contribution is 5.16. The van der Waals surface area contributed by atoms with Crippen LogP contribution in [0.2, 0.25) is 0 Å². The van der Waals surface area contributed by atoms with Gasteiger partial charge in [0.05, 0.1) is 6.04 Å². The monoisotopic (exact) mass is 276 g/mol. The largest absolute Gasteiger partial charge is 1.00 e. The van der Waals surface area contributed by atoms with Gasteiger partial charge in [-0.3, -0.25) is 0 Å². The fourth-order valence-electron chi connectivity index (χ4n) is 1.94. The molecular weight excluding hydrogens is 258 g/mol. The Kier molecular flexibility index (Phi) is 6.40. The second-order valence-corrected chi connectivity index (χ2v) is 4.39. The molecule has 1 heterocycles. The second-order valence-electron chi connectivity index (χ2n) is 4.39. The molecule has 102 valence electrons. The summed E-state index contributed by atoms with van der Waals surface area (Å²) < 4.78 is 5.68. The van der Waals surface area contributed by atoms with E-state index in [1.54, 1.807) is 0 Å². The standard InChI is InChI=1S/C16H19NO.ClH/c1-3-7-15(16-11-10-13(2)18-16)17-12-14-8-5-4-6-9-14;/h3-6,8-11,15,17H,1,7,12H2,2H3;1H/p-1. The van der Waals surface area contributed by atoms with Crippen LogP contribution in [0, 0.1) is 6.92 Å². The molecule has 2 rings (SSSR count). The Morgan fingerprint density at radius 2 is 1.95 bits per heavy atom. The third-order valence-electron chi connectivity index (χ3n) is 2.90. The summed E-state index contributed by atoms with van der Waals surface area (Å²) in [7, 11) is 0. The number of nitrogens with one attached hydrogen (secondary N) is 1. The molecule has 0 amide bonds. The van der Waals surface area contributed by atoms with E-state index in [2.05, 4.69) is 36.2 Å². The van der Waals surface area contributed by atoms with Crippen LogP contribution in [0.15, 0.2) is 59.5 Å². The molecular formula is C16H19ClNO-. The first kappa shape index (κ1) is 15.5. The predicted molar refractivity (Wildman–Crippen MR) is 74.3 cm³/mol. The van der Waals surface area contributed by atoms with Gasteiger partial charge in [-0.25, -0.2) is 0 Å².